The number of rotatable bonds is 4. The van der Waals surface area contributed by atoms with Crippen LogP contribution in [0.25, 0.3) is 0 Å². The Morgan fingerprint density at radius 2 is 2.40 bits per heavy atom. The highest BCUT2D eigenvalue weighted by molar-refractivity contribution is 5.53. The molecule has 1 saturated carbocycles. The lowest BCUT2D eigenvalue weighted by Crippen LogP contribution is -2.02. The number of anilines is 1. The molecule has 2 rings (SSSR count). The molecule has 1 aromatic heterocycles. The second kappa shape index (κ2) is 3.72. The molecule has 0 saturated heterocycles. The summed E-state index contributed by atoms with van der Waals surface area (Å²) >= 11 is 0. The number of nitrogens with one attached hydrogen (secondary N) is 1. The maximum Gasteiger partial charge on any atom is 0.316 e. The fourth-order valence-electron chi connectivity index (χ4n) is 1.17. The quantitative estimate of drug-likeness (QED) is 0.601. The van der Waals surface area contributed by atoms with Crippen molar-refractivity contribution in [1.29, 1.82) is 0 Å². The Labute approximate surface area is 86.4 Å². The number of pyridine rings is 1. The maximum atomic E-state index is 10.8. The summed E-state index contributed by atoms with van der Waals surface area (Å²) in [6, 6.07) is 1.37. The molecule has 0 atom stereocenters. The summed E-state index contributed by atoms with van der Waals surface area (Å²) in [6.45, 7) is 0. The largest absolute Gasteiger partial charge is 0.482 e. The van der Waals surface area contributed by atoms with E-state index in [0.29, 0.717) is 5.82 Å². The van der Waals surface area contributed by atoms with Gasteiger partial charge in [-0.3, -0.25) is 10.1 Å². The molecule has 0 amide bonds. The first-order valence-corrected chi connectivity index (χ1v) is 4.69. The van der Waals surface area contributed by atoms with Crippen molar-refractivity contribution in [3.63, 3.8) is 0 Å². The van der Waals surface area contributed by atoms with E-state index in [4.69, 9.17) is 4.74 Å². The Balaban J connectivity index is 2.29. The first-order valence-electron chi connectivity index (χ1n) is 4.69. The van der Waals surface area contributed by atoms with Crippen molar-refractivity contribution >= 4 is 11.5 Å². The highest BCUT2D eigenvalue weighted by Gasteiger charge is 2.27. The molecule has 0 aromatic carbocycles. The number of hydrogen-bond donors (Lipinski definition) is 1. The first-order chi connectivity index (χ1) is 7.20. The molecule has 0 spiro atoms. The predicted molar refractivity (Wildman–Crippen MR) is 54.1 cm³/mol. The van der Waals surface area contributed by atoms with Gasteiger partial charge in [0.1, 0.15) is 5.82 Å². The van der Waals surface area contributed by atoms with Gasteiger partial charge >= 0.3 is 5.69 Å². The van der Waals surface area contributed by atoms with E-state index >= 15 is 0 Å². The minimum atomic E-state index is -0.458. The van der Waals surface area contributed by atoms with E-state index in [1.165, 1.54) is 12.3 Å². The zero-order chi connectivity index (χ0) is 10.8. The van der Waals surface area contributed by atoms with Gasteiger partial charge in [0.05, 0.1) is 23.3 Å². The van der Waals surface area contributed by atoms with Gasteiger partial charge in [-0.25, -0.2) is 4.98 Å². The molecule has 1 aromatic rings. The lowest BCUT2D eigenvalue weighted by molar-refractivity contribution is -0.385. The third kappa shape index (κ3) is 2.15. The summed E-state index contributed by atoms with van der Waals surface area (Å²) in [6.07, 6.45) is 3.45. The van der Waals surface area contributed by atoms with Gasteiger partial charge in [0.25, 0.3) is 0 Å². The summed E-state index contributed by atoms with van der Waals surface area (Å²) in [5.41, 5.74) is -0.0405. The van der Waals surface area contributed by atoms with Crippen molar-refractivity contribution < 1.29 is 9.66 Å². The van der Waals surface area contributed by atoms with E-state index in [1.54, 1.807) is 7.05 Å². The monoisotopic (exact) mass is 209 g/mol. The lowest BCUT2D eigenvalue weighted by Gasteiger charge is -2.05. The van der Waals surface area contributed by atoms with Crippen molar-refractivity contribution in [2.24, 2.45) is 0 Å². The molecule has 0 radical (unpaired) electrons. The van der Waals surface area contributed by atoms with Crippen LogP contribution < -0.4 is 10.1 Å². The van der Waals surface area contributed by atoms with Gasteiger partial charge in [-0.15, -0.1) is 0 Å². The van der Waals surface area contributed by atoms with Crippen LogP contribution in [-0.2, 0) is 0 Å². The van der Waals surface area contributed by atoms with Gasteiger partial charge in [0.15, 0.2) is 0 Å². The summed E-state index contributed by atoms with van der Waals surface area (Å²) in [7, 11) is 1.66. The lowest BCUT2D eigenvalue weighted by atomic mass is 10.3. The summed E-state index contributed by atoms with van der Waals surface area (Å²) in [5, 5.41) is 13.5. The molecule has 6 nitrogen and oxygen atoms in total. The standard InChI is InChI=1S/C9H11N3O3/c1-10-9-4-7(12(13)14)8(5-11-9)15-6-2-3-6/h4-6H,2-3H2,1H3,(H,10,11). The van der Waals surface area contributed by atoms with Gasteiger partial charge < -0.3 is 10.1 Å². The van der Waals surface area contributed by atoms with Gasteiger partial charge in [-0.05, 0) is 12.8 Å². The van der Waals surface area contributed by atoms with E-state index < -0.39 is 4.92 Å². The zero-order valence-corrected chi connectivity index (χ0v) is 8.27. The van der Waals surface area contributed by atoms with Crippen molar-refractivity contribution in [3.8, 4) is 5.75 Å². The fraction of sp³-hybridized carbons (Fsp3) is 0.444. The molecule has 15 heavy (non-hydrogen) atoms. The average molecular weight is 209 g/mol. The molecule has 1 aliphatic carbocycles. The Bertz CT molecular complexity index is 390. The molecule has 1 N–H and O–H groups in total. The molecule has 0 aliphatic heterocycles. The van der Waals surface area contributed by atoms with Gasteiger partial charge in [-0.1, -0.05) is 0 Å². The summed E-state index contributed by atoms with van der Waals surface area (Å²) < 4.78 is 5.39. The number of nitro groups is 1. The topological polar surface area (TPSA) is 77.3 Å². The van der Waals surface area contributed by atoms with Crippen molar-refractivity contribution in [3.05, 3.63) is 22.4 Å². The molecule has 6 heteroatoms. The van der Waals surface area contributed by atoms with Crippen LogP contribution in [0.1, 0.15) is 12.8 Å². The second-order valence-corrected chi connectivity index (χ2v) is 3.36. The van der Waals surface area contributed by atoms with Gasteiger partial charge in [-0.2, -0.15) is 0 Å². The minimum Gasteiger partial charge on any atom is -0.482 e. The second-order valence-electron chi connectivity index (χ2n) is 3.36. The van der Waals surface area contributed by atoms with E-state index in [2.05, 4.69) is 10.3 Å². The summed E-state index contributed by atoms with van der Waals surface area (Å²) in [5.74, 6) is 0.714. The van der Waals surface area contributed by atoms with Crippen LogP contribution in [0.5, 0.6) is 5.75 Å². The van der Waals surface area contributed by atoms with Crippen LogP contribution in [0.3, 0.4) is 0 Å². The average Bonchev–Trinajstić information content (AvgIpc) is 3.02. The van der Waals surface area contributed by atoms with Gasteiger partial charge in [0, 0.05) is 7.05 Å². The third-order valence-corrected chi connectivity index (χ3v) is 2.12. The molecular formula is C9H11N3O3. The van der Waals surface area contributed by atoms with Crippen molar-refractivity contribution in [2.45, 2.75) is 18.9 Å². The fourth-order valence-corrected chi connectivity index (χ4v) is 1.17. The van der Waals surface area contributed by atoms with Crippen molar-refractivity contribution in [2.75, 3.05) is 12.4 Å². The highest BCUT2D eigenvalue weighted by atomic mass is 16.6. The Hall–Kier alpha value is -1.85. The normalized spacial score (nSPS) is 14.7. The van der Waals surface area contributed by atoms with Crippen LogP contribution in [0.4, 0.5) is 11.5 Å². The molecular weight excluding hydrogens is 198 g/mol. The van der Waals surface area contributed by atoms with Crippen LogP contribution in [0.15, 0.2) is 12.3 Å². The highest BCUT2D eigenvalue weighted by Crippen LogP contribution is 2.33. The van der Waals surface area contributed by atoms with Crippen LogP contribution in [0, 0.1) is 10.1 Å². The number of nitrogens with zero attached hydrogens (tertiary/aromatic N) is 2. The van der Waals surface area contributed by atoms with Crippen LogP contribution in [0.2, 0.25) is 0 Å². The predicted octanol–water partition coefficient (Wildman–Crippen LogP) is 1.57. The van der Waals surface area contributed by atoms with Crippen LogP contribution in [-0.4, -0.2) is 23.1 Å². The Morgan fingerprint density at radius 1 is 1.67 bits per heavy atom. The SMILES string of the molecule is CNc1cc([N+](=O)[O-])c(OC2CC2)cn1. The van der Waals surface area contributed by atoms with E-state index in [9.17, 15) is 10.1 Å². The molecule has 1 fully saturated rings. The molecule has 80 valence electrons. The van der Waals surface area contributed by atoms with E-state index in [0.717, 1.165) is 12.8 Å². The van der Waals surface area contributed by atoms with Crippen LogP contribution >= 0.6 is 0 Å². The van der Waals surface area contributed by atoms with E-state index in [1.807, 2.05) is 0 Å². The molecule has 0 unspecified atom stereocenters. The number of ether oxygens (including phenoxy) is 1. The van der Waals surface area contributed by atoms with Crippen molar-refractivity contribution in [1.82, 2.24) is 4.98 Å². The zero-order valence-electron chi connectivity index (χ0n) is 8.27. The minimum absolute atomic E-state index is 0.0405. The number of aromatic nitrogens is 1. The molecule has 0 bridgehead atoms. The first kappa shape index (κ1) is 9.70. The third-order valence-electron chi connectivity index (χ3n) is 2.12. The molecule has 1 aliphatic rings. The number of hydrogen-bond acceptors (Lipinski definition) is 5. The van der Waals surface area contributed by atoms with E-state index in [-0.39, 0.29) is 17.5 Å². The summed E-state index contributed by atoms with van der Waals surface area (Å²) in [4.78, 5) is 14.3. The smallest absolute Gasteiger partial charge is 0.316 e. The Morgan fingerprint density at radius 3 is 2.93 bits per heavy atom. The Kier molecular flexibility index (Phi) is 2.40. The molecule has 1 heterocycles. The van der Waals surface area contributed by atoms with Gasteiger partial charge in [0.2, 0.25) is 5.75 Å². The maximum absolute atomic E-state index is 10.8.